The van der Waals surface area contributed by atoms with Gasteiger partial charge in [-0.3, -0.25) is 9.89 Å². The van der Waals surface area contributed by atoms with Crippen LogP contribution in [0.5, 0.6) is 0 Å². The van der Waals surface area contributed by atoms with Gasteiger partial charge in [-0.05, 0) is 37.1 Å². The maximum Gasteiger partial charge on any atom is 0.401 e. The highest BCUT2D eigenvalue weighted by atomic mass is 127. The second-order valence-corrected chi connectivity index (χ2v) is 7.29. The summed E-state index contributed by atoms with van der Waals surface area (Å²) in [6, 6.07) is 4.66. The van der Waals surface area contributed by atoms with Crippen molar-refractivity contribution < 1.29 is 18.3 Å². The third-order valence-corrected chi connectivity index (χ3v) is 4.49. The van der Waals surface area contributed by atoms with Crippen LogP contribution in [0, 0.1) is 0 Å². The van der Waals surface area contributed by atoms with Crippen molar-refractivity contribution >= 4 is 53.1 Å². The molecule has 28 heavy (non-hydrogen) atoms. The fraction of sp³-hybridized carbons (Fsp3) is 0.588. The van der Waals surface area contributed by atoms with Gasteiger partial charge >= 0.3 is 6.18 Å². The van der Waals surface area contributed by atoms with Crippen LogP contribution in [-0.2, 0) is 0 Å². The predicted molar refractivity (Wildman–Crippen MR) is 117 cm³/mol. The second kappa shape index (κ2) is 11.6. The van der Waals surface area contributed by atoms with Crippen molar-refractivity contribution in [2.45, 2.75) is 31.7 Å². The summed E-state index contributed by atoms with van der Waals surface area (Å²) in [5.74, 6) is 0.448. The number of guanidine groups is 1. The van der Waals surface area contributed by atoms with Gasteiger partial charge in [0.1, 0.15) is 0 Å². The molecule has 160 valence electrons. The number of likely N-dealkylation sites (tertiary alicyclic amines) is 1. The van der Waals surface area contributed by atoms with Crippen LogP contribution in [0.25, 0.3) is 0 Å². The largest absolute Gasteiger partial charge is 0.401 e. The van der Waals surface area contributed by atoms with Gasteiger partial charge in [0.2, 0.25) is 0 Å². The molecule has 1 saturated heterocycles. The lowest BCUT2D eigenvalue weighted by Crippen LogP contribution is -2.45. The van der Waals surface area contributed by atoms with Gasteiger partial charge in [0.05, 0.1) is 19.2 Å². The van der Waals surface area contributed by atoms with Crippen LogP contribution in [-0.4, -0.2) is 60.9 Å². The summed E-state index contributed by atoms with van der Waals surface area (Å²) < 4.78 is 37.5. The first-order valence-electron chi connectivity index (χ1n) is 8.64. The number of aliphatic hydroxyl groups is 1. The Labute approximate surface area is 189 Å². The minimum atomic E-state index is -4.20. The van der Waals surface area contributed by atoms with Crippen molar-refractivity contribution in [1.82, 2.24) is 15.5 Å². The van der Waals surface area contributed by atoms with Crippen molar-refractivity contribution in [3.8, 4) is 0 Å². The molecule has 1 fully saturated rings. The molecule has 2 rings (SSSR count). The summed E-state index contributed by atoms with van der Waals surface area (Å²) in [5, 5.41) is 17.3. The average molecular weight is 555 g/mol. The Balaban J connectivity index is 0.00000392. The van der Waals surface area contributed by atoms with Gasteiger partial charge in [-0.1, -0.05) is 23.2 Å². The molecule has 11 heteroatoms. The monoisotopic (exact) mass is 554 g/mol. The topological polar surface area (TPSA) is 59.9 Å². The molecule has 2 unspecified atom stereocenters. The number of hydrogen-bond acceptors (Lipinski definition) is 3. The van der Waals surface area contributed by atoms with E-state index in [0.29, 0.717) is 41.1 Å². The van der Waals surface area contributed by atoms with Gasteiger partial charge in [-0.25, -0.2) is 0 Å². The maximum atomic E-state index is 12.5. The lowest BCUT2D eigenvalue weighted by atomic mass is 10.1. The van der Waals surface area contributed by atoms with Crippen LogP contribution >= 0.6 is 47.2 Å². The minimum Gasteiger partial charge on any atom is -0.386 e. The standard InChI is InChI=1S/C17H23Cl2F3N4O.HI/c1-2-23-16(25-14-3-4-26(9-14)10-17(20,21)22)24-8-15(27)11-5-12(18)7-13(19)6-11;/h5-7,14-15,27H,2-4,8-10H2,1H3,(H2,23,24,25);1H. The summed E-state index contributed by atoms with van der Waals surface area (Å²) in [7, 11) is 0. The molecule has 0 radical (unpaired) electrons. The Kier molecular flexibility index (Phi) is 10.6. The molecule has 3 N–H and O–H groups in total. The SMILES string of the molecule is CCNC(=NCC(O)c1cc(Cl)cc(Cl)c1)NC1CCN(CC(F)(F)F)C1.I. The molecule has 0 bridgehead atoms. The first-order chi connectivity index (χ1) is 12.7. The van der Waals surface area contributed by atoms with Crippen LogP contribution in [0.4, 0.5) is 13.2 Å². The number of aliphatic hydroxyl groups excluding tert-OH is 1. The van der Waals surface area contributed by atoms with Crippen molar-refractivity contribution in [2.24, 2.45) is 4.99 Å². The predicted octanol–water partition coefficient (Wildman–Crippen LogP) is 3.84. The lowest BCUT2D eigenvalue weighted by Gasteiger charge is -2.20. The number of benzene rings is 1. The Morgan fingerprint density at radius 2 is 1.96 bits per heavy atom. The molecule has 5 nitrogen and oxygen atoms in total. The van der Waals surface area contributed by atoms with E-state index in [1.54, 1.807) is 18.2 Å². The van der Waals surface area contributed by atoms with Crippen molar-refractivity contribution in [1.29, 1.82) is 0 Å². The van der Waals surface area contributed by atoms with Crippen LogP contribution in [0.15, 0.2) is 23.2 Å². The van der Waals surface area contributed by atoms with Crippen LogP contribution in [0.2, 0.25) is 10.0 Å². The molecular formula is C17H24Cl2F3IN4O. The Bertz CT molecular complexity index is 644. The van der Waals surface area contributed by atoms with E-state index in [-0.39, 0.29) is 43.1 Å². The van der Waals surface area contributed by atoms with Crippen molar-refractivity contribution in [3.63, 3.8) is 0 Å². The quantitative estimate of drug-likeness (QED) is 0.284. The Hall–Kier alpha value is -0.490. The number of nitrogens with zero attached hydrogens (tertiary/aromatic N) is 2. The van der Waals surface area contributed by atoms with E-state index in [4.69, 9.17) is 23.2 Å². The van der Waals surface area contributed by atoms with Gasteiger partial charge < -0.3 is 15.7 Å². The molecule has 1 aliphatic rings. The first-order valence-corrected chi connectivity index (χ1v) is 9.40. The molecular weight excluding hydrogens is 531 g/mol. The zero-order valence-corrected chi connectivity index (χ0v) is 19.1. The highest BCUT2D eigenvalue weighted by molar-refractivity contribution is 14.0. The van der Waals surface area contributed by atoms with E-state index < -0.39 is 18.8 Å². The van der Waals surface area contributed by atoms with Crippen molar-refractivity contribution in [2.75, 3.05) is 32.7 Å². The van der Waals surface area contributed by atoms with E-state index in [9.17, 15) is 18.3 Å². The number of rotatable bonds is 6. The fourth-order valence-corrected chi connectivity index (χ4v) is 3.45. The molecule has 1 aliphatic heterocycles. The van der Waals surface area contributed by atoms with Gasteiger partial charge in [0.15, 0.2) is 5.96 Å². The lowest BCUT2D eigenvalue weighted by molar-refractivity contribution is -0.143. The van der Waals surface area contributed by atoms with Gasteiger partial charge in [0.25, 0.3) is 0 Å². The van der Waals surface area contributed by atoms with Gasteiger partial charge in [-0.2, -0.15) is 13.2 Å². The van der Waals surface area contributed by atoms with E-state index in [1.165, 1.54) is 4.90 Å². The van der Waals surface area contributed by atoms with Crippen LogP contribution in [0.3, 0.4) is 0 Å². The summed E-state index contributed by atoms with van der Waals surface area (Å²) in [6.07, 6.45) is -4.51. The number of halogens is 6. The fourth-order valence-electron chi connectivity index (χ4n) is 2.91. The summed E-state index contributed by atoms with van der Waals surface area (Å²) in [5.41, 5.74) is 0.546. The van der Waals surface area contributed by atoms with Crippen LogP contribution in [0.1, 0.15) is 25.0 Å². The third kappa shape index (κ3) is 8.89. The molecule has 0 saturated carbocycles. The second-order valence-electron chi connectivity index (χ2n) is 6.42. The van der Waals surface area contributed by atoms with E-state index in [2.05, 4.69) is 15.6 Å². The van der Waals surface area contributed by atoms with Crippen LogP contribution < -0.4 is 10.6 Å². The molecule has 0 spiro atoms. The number of hydrogen-bond donors (Lipinski definition) is 3. The van der Waals surface area contributed by atoms with Gasteiger partial charge in [0, 0.05) is 35.7 Å². The third-order valence-electron chi connectivity index (χ3n) is 4.05. The molecule has 1 aromatic rings. The van der Waals surface area contributed by atoms with Crippen molar-refractivity contribution in [3.05, 3.63) is 33.8 Å². The van der Waals surface area contributed by atoms with E-state index >= 15 is 0 Å². The highest BCUT2D eigenvalue weighted by Crippen LogP contribution is 2.24. The smallest absolute Gasteiger partial charge is 0.386 e. The summed E-state index contributed by atoms with van der Waals surface area (Å²) in [4.78, 5) is 5.69. The number of aliphatic imine (C=N–C) groups is 1. The van der Waals surface area contributed by atoms with E-state index in [0.717, 1.165) is 0 Å². The molecule has 0 aliphatic carbocycles. The molecule has 1 aromatic carbocycles. The normalized spacial score (nSPS) is 19.2. The average Bonchev–Trinajstić information content (AvgIpc) is 2.96. The molecule has 0 aromatic heterocycles. The molecule has 2 atom stereocenters. The van der Waals surface area contributed by atoms with E-state index in [1.807, 2.05) is 6.92 Å². The first kappa shape index (κ1) is 25.5. The Morgan fingerprint density at radius 3 is 2.54 bits per heavy atom. The summed E-state index contributed by atoms with van der Waals surface area (Å²) >= 11 is 11.9. The minimum absolute atomic E-state index is 0. The summed E-state index contributed by atoms with van der Waals surface area (Å²) in [6.45, 7) is 2.29. The zero-order chi connectivity index (χ0) is 20.0. The Morgan fingerprint density at radius 1 is 1.32 bits per heavy atom. The zero-order valence-electron chi connectivity index (χ0n) is 15.3. The highest BCUT2D eigenvalue weighted by Gasteiger charge is 2.34. The van der Waals surface area contributed by atoms with Gasteiger partial charge in [-0.15, -0.1) is 24.0 Å². The number of alkyl halides is 3. The molecule has 0 amide bonds. The number of nitrogens with one attached hydrogen (secondary N) is 2. The molecule has 1 heterocycles. The maximum absolute atomic E-state index is 12.5.